The summed E-state index contributed by atoms with van der Waals surface area (Å²) in [6.45, 7) is 7.08. The van der Waals surface area contributed by atoms with Gasteiger partial charge < -0.3 is 10.1 Å². The van der Waals surface area contributed by atoms with Gasteiger partial charge in [-0.25, -0.2) is 4.79 Å². The minimum atomic E-state index is -0.724. The summed E-state index contributed by atoms with van der Waals surface area (Å²) in [6.07, 6.45) is -0.510. The Kier molecular flexibility index (Phi) is 2.32. The lowest BCUT2D eigenvalue weighted by atomic mass is 9.90. The molecule has 0 aromatic rings. The van der Waals surface area contributed by atoms with Crippen molar-refractivity contribution in [1.82, 2.24) is 5.32 Å². The molecular weight excluding hydrogens is 170 g/mol. The molecule has 4 heteroatoms. The molecule has 1 fully saturated rings. The Morgan fingerprint density at radius 2 is 2.08 bits per heavy atom. The Labute approximate surface area is 77.6 Å². The number of alkyl carbamates (subject to hydrolysis) is 1. The normalized spacial score (nSPS) is 25.6. The molecule has 1 rings (SSSR count). The lowest BCUT2D eigenvalue weighted by molar-refractivity contribution is -0.126. The highest BCUT2D eigenvalue weighted by atomic mass is 16.6. The van der Waals surface area contributed by atoms with Gasteiger partial charge >= 0.3 is 6.09 Å². The molecule has 0 unspecified atom stereocenters. The molecule has 0 radical (unpaired) electrons. The minimum Gasteiger partial charge on any atom is -0.441 e. The monoisotopic (exact) mass is 185 g/mol. The van der Waals surface area contributed by atoms with E-state index in [1.165, 1.54) is 0 Å². The second kappa shape index (κ2) is 3.01. The number of cyclic esters (lactones) is 1. The number of ketones is 1. The minimum absolute atomic E-state index is 0.0100. The van der Waals surface area contributed by atoms with E-state index in [0.717, 1.165) is 0 Å². The average Bonchev–Trinajstić information content (AvgIpc) is 2.22. The number of nitrogens with one attached hydrogen (secondary N) is 1. The highest BCUT2D eigenvalue weighted by molar-refractivity contribution is 5.92. The van der Waals surface area contributed by atoms with E-state index in [9.17, 15) is 9.59 Å². The molecular formula is C9H15NO3. The maximum atomic E-state index is 11.6. The third-order valence-electron chi connectivity index (χ3n) is 2.17. The number of Topliss-reactive ketones (excluding diaryl/α,β-unsaturated/α-hetero) is 1. The van der Waals surface area contributed by atoms with E-state index < -0.39 is 17.7 Å². The quantitative estimate of drug-likeness (QED) is 0.700. The van der Waals surface area contributed by atoms with Gasteiger partial charge in [-0.3, -0.25) is 4.79 Å². The first-order valence-corrected chi connectivity index (χ1v) is 4.38. The molecule has 1 heterocycles. The molecule has 0 aromatic heterocycles. The van der Waals surface area contributed by atoms with Crippen LogP contribution in [0.15, 0.2) is 0 Å². The summed E-state index contributed by atoms with van der Waals surface area (Å²) in [5, 5.41) is 2.51. The van der Waals surface area contributed by atoms with Crippen molar-refractivity contribution in [3.8, 4) is 0 Å². The van der Waals surface area contributed by atoms with E-state index in [4.69, 9.17) is 4.74 Å². The predicted octanol–water partition coefficient (Wildman–Crippen LogP) is 1.10. The van der Waals surface area contributed by atoms with Crippen molar-refractivity contribution in [3.63, 3.8) is 0 Å². The van der Waals surface area contributed by atoms with Crippen LogP contribution in [0.25, 0.3) is 0 Å². The maximum absolute atomic E-state index is 11.6. The molecule has 0 spiro atoms. The van der Waals surface area contributed by atoms with Crippen LogP contribution in [0, 0.1) is 5.92 Å². The Hall–Kier alpha value is -1.06. The van der Waals surface area contributed by atoms with Crippen LogP contribution in [-0.2, 0) is 9.53 Å². The zero-order valence-electron chi connectivity index (χ0n) is 8.38. The fourth-order valence-electron chi connectivity index (χ4n) is 1.37. The molecule has 0 aliphatic carbocycles. The van der Waals surface area contributed by atoms with Crippen LogP contribution in [0.3, 0.4) is 0 Å². The maximum Gasteiger partial charge on any atom is 0.408 e. The molecule has 1 amide bonds. The summed E-state index contributed by atoms with van der Waals surface area (Å²) in [6, 6.07) is -0.514. The van der Waals surface area contributed by atoms with Crippen LogP contribution in [0.2, 0.25) is 0 Å². The number of carbonyl (C=O) groups is 2. The van der Waals surface area contributed by atoms with Gasteiger partial charge in [0.15, 0.2) is 5.78 Å². The molecule has 1 atom stereocenters. The van der Waals surface area contributed by atoms with Crippen LogP contribution in [0.4, 0.5) is 4.79 Å². The van der Waals surface area contributed by atoms with Crippen LogP contribution < -0.4 is 5.32 Å². The van der Waals surface area contributed by atoms with E-state index in [1.807, 2.05) is 13.8 Å². The van der Waals surface area contributed by atoms with E-state index in [0.29, 0.717) is 0 Å². The summed E-state index contributed by atoms with van der Waals surface area (Å²) in [5.41, 5.74) is -0.724. The van der Waals surface area contributed by atoms with Crippen molar-refractivity contribution < 1.29 is 14.3 Å². The van der Waals surface area contributed by atoms with Crippen molar-refractivity contribution >= 4 is 11.9 Å². The van der Waals surface area contributed by atoms with E-state index >= 15 is 0 Å². The standard InChI is InChI=1S/C9H15NO3/c1-5(2)6(11)7-9(3,4)13-8(12)10-7/h5,7H,1-4H3,(H,10,12)/t7-/m1/s1. The lowest BCUT2D eigenvalue weighted by Gasteiger charge is -2.23. The summed E-state index contributed by atoms with van der Waals surface area (Å²) >= 11 is 0. The second-order valence-electron chi connectivity index (χ2n) is 4.13. The van der Waals surface area contributed by atoms with Gasteiger partial charge in [-0.1, -0.05) is 13.8 Å². The first kappa shape index (κ1) is 10.0. The van der Waals surface area contributed by atoms with E-state index in [1.54, 1.807) is 13.8 Å². The van der Waals surface area contributed by atoms with Crippen LogP contribution in [-0.4, -0.2) is 23.5 Å². The van der Waals surface area contributed by atoms with Gasteiger partial charge in [-0.05, 0) is 13.8 Å². The van der Waals surface area contributed by atoms with Gasteiger partial charge in [0.05, 0.1) is 0 Å². The van der Waals surface area contributed by atoms with Crippen molar-refractivity contribution in [2.24, 2.45) is 5.92 Å². The van der Waals surface area contributed by atoms with Crippen LogP contribution >= 0.6 is 0 Å². The predicted molar refractivity (Wildman–Crippen MR) is 47.3 cm³/mol. The zero-order valence-corrected chi connectivity index (χ0v) is 8.38. The molecule has 0 bridgehead atoms. The van der Waals surface area contributed by atoms with Crippen LogP contribution in [0.1, 0.15) is 27.7 Å². The van der Waals surface area contributed by atoms with Crippen molar-refractivity contribution in [2.75, 3.05) is 0 Å². The number of amides is 1. The van der Waals surface area contributed by atoms with Crippen molar-refractivity contribution in [1.29, 1.82) is 0 Å². The number of hydrogen-bond donors (Lipinski definition) is 1. The van der Waals surface area contributed by atoms with Gasteiger partial charge in [0, 0.05) is 5.92 Å². The molecule has 0 saturated carbocycles. The first-order chi connectivity index (χ1) is 5.84. The summed E-state index contributed by atoms with van der Waals surface area (Å²) in [5.74, 6) is -0.0814. The highest BCUT2D eigenvalue weighted by Crippen LogP contribution is 2.23. The van der Waals surface area contributed by atoms with Gasteiger partial charge in [0.2, 0.25) is 0 Å². The third kappa shape index (κ3) is 1.82. The largest absolute Gasteiger partial charge is 0.441 e. The molecule has 13 heavy (non-hydrogen) atoms. The Bertz CT molecular complexity index is 245. The highest BCUT2D eigenvalue weighted by Gasteiger charge is 2.45. The lowest BCUT2D eigenvalue weighted by Crippen LogP contribution is -2.46. The molecule has 1 aliphatic rings. The Morgan fingerprint density at radius 3 is 2.38 bits per heavy atom. The van der Waals surface area contributed by atoms with Gasteiger partial charge in [0.1, 0.15) is 11.6 Å². The number of ether oxygens (including phenoxy) is 1. The number of carbonyl (C=O) groups excluding carboxylic acids is 2. The molecule has 1 saturated heterocycles. The number of hydrogen-bond acceptors (Lipinski definition) is 3. The topological polar surface area (TPSA) is 55.4 Å². The van der Waals surface area contributed by atoms with Gasteiger partial charge in [-0.2, -0.15) is 0 Å². The SMILES string of the molecule is CC(C)C(=O)[C@H]1NC(=O)OC1(C)C. The first-order valence-electron chi connectivity index (χ1n) is 4.38. The average molecular weight is 185 g/mol. The van der Waals surface area contributed by atoms with E-state index in [2.05, 4.69) is 5.32 Å². The summed E-state index contributed by atoms with van der Waals surface area (Å²) in [4.78, 5) is 22.5. The van der Waals surface area contributed by atoms with Crippen molar-refractivity contribution in [3.05, 3.63) is 0 Å². The third-order valence-corrected chi connectivity index (χ3v) is 2.17. The molecule has 1 N–H and O–H groups in total. The van der Waals surface area contributed by atoms with Gasteiger partial charge in [-0.15, -0.1) is 0 Å². The molecule has 74 valence electrons. The Morgan fingerprint density at radius 1 is 1.54 bits per heavy atom. The summed E-state index contributed by atoms with van der Waals surface area (Å²) < 4.78 is 4.96. The molecule has 0 aromatic carbocycles. The smallest absolute Gasteiger partial charge is 0.408 e. The van der Waals surface area contributed by atoms with E-state index in [-0.39, 0.29) is 11.7 Å². The molecule has 1 aliphatic heterocycles. The number of rotatable bonds is 2. The molecule has 4 nitrogen and oxygen atoms in total. The van der Waals surface area contributed by atoms with Crippen molar-refractivity contribution in [2.45, 2.75) is 39.3 Å². The van der Waals surface area contributed by atoms with Gasteiger partial charge in [0.25, 0.3) is 0 Å². The second-order valence-corrected chi connectivity index (χ2v) is 4.13. The fraction of sp³-hybridized carbons (Fsp3) is 0.778. The van der Waals surface area contributed by atoms with Crippen LogP contribution in [0.5, 0.6) is 0 Å². The fourth-order valence-corrected chi connectivity index (χ4v) is 1.37. The summed E-state index contributed by atoms with van der Waals surface area (Å²) in [7, 11) is 0. The Balaban J connectivity index is 2.81. The zero-order chi connectivity index (χ0) is 10.2.